The summed E-state index contributed by atoms with van der Waals surface area (Å²) >= 11 is 0. The van der Waals surface area contributed by atoms with Gasteiger partial charge in [0.15, 0.2) is 0 Å². The van der Waals surface area contributed by atoms with Crippen LogP contribution >= 0.6 is 0 Å². The highest BCUT2D eigenvalue weighted by Gasteiger charge is 2.14. The molecule has 0 aliphatic carbocycles. The van der Waals surface area contributed by atoms with Crippen LogP contribution in [0.1, 0.15) is 30.9 Å². The first kappa shape index (κ1) is 13.3. The summed E-state index contributed by atoms with van der Waals surface area (Å²) in [5, 5.41) is 6.49. The molecule has 4 nitrogen and oxygen atoms in total. The van der Waals surface area contributed by atoms with E-state index in [1.165, 1.54) is 5.56 Å². The summed E-state index contributed by atoms with van der Waals surface area (Å²) in [6.45, 7) is 6.35. The molecule has 1 aromatic carbocycles. The molecule has 0 aliphatic heterocycles. The van der Waals surface area contributed by atoms with Crippen molar-refractivity contribution in [2.75, 3.05) is 17.7 Å². The number of hydrogen-bond donors (Lipinski definition) is 2. The summed E-state index contributed by atoms with van der Waals surface area (Å²) in [7, 11) is 1.88. The average Bonchev–Trinajstić information content (AvgIpc) is 2.40. The molecule has 0 saturated heterocycles. The SMILES string of the molecule is CNc1ncnc(Nc2ccc(C)cc2)c1C(C)C. The van der Waals surface area contributed by atoms with E-state index in [1.54, 1.807) is 6.33 Å². The highest BCUT2D eigenvalue weighted by atomic mass is 15.1. The third kappa shape index (κ3) is 3.02. The average molecular weight is 256 g/mol. The lowest BCUT2D eigenvalue weighted by Gasteiger charge is -2.16. The molecule has 0 atom stereocenters. The second-order valence-electron chi connectivity index (χ2n) is 4.88. The molecule has 0 radical (unpaired) electrons. The molecular weight excluding hydrogens is 236 g/mol. The van der Waals surface area contributed by atoms with Crippen LogP contribution in [0.2, 0.25) is 0 Å². The summed E-state index contributed by atoms with van der Waals surface area (Å²) in [5.41, 5.74) is 3.38. The molecule has 0 fully saturated rings. The fraction of sp³-hybridized carbons (Fsp3) is 0.333. The fourth-order valence-electron chi connectivity index (χ4n) is 2.01. The minimum Gasteiger partial charge on any atom is -0.373 e. The fourth-order valence-corrected chi connectivity index (χ4v) is 2.01. The van der Waals surface area contributed by atoms with Gasteiger partial charge >= 0.3 is 0 Å². The Hall–Kier alpha value is -2.10. The number of benzene rings is 1. The van der Waals surface area contributed by atoms with Crippen molar-refractivity contribution in [3.8, 4) is 0 Å². The smallest absolute Gasteiger partial charge is 0.139 e. The molecule has 1 heterocycles. The number of nitrogens with one attached hydrogen (secondary N) is 2. The molecule has 0 unspecified atom stereocenters. The molecule has 100 valence electrons. The summed E-state index contributed by atoms with van der Waals surface area (Å²) in [6, 6.07) is 8.27. The maximum absolute atomic E-state index is 4.36. The number of aromatic nitrogens is 2. The van der Waals surface area contributed by atoms with Crippen LogP contribution in [-0.4, -0.2) is 17.0 Å². The zero-order valence-corrected chi connectivity index (χ0v) is 11.9. The van der Waals surface area contributed by atoms with Gasteiger partial charge in [-0.05, 0) is 25.0 Å². The molecular formula is C15H20N4. The first-order chi connectivity index (χ1) is 9.11. The van der Waals surface area contributed by atoms with Gasteiger partial charge in [-0.25, -0.2) is 9.97 Å². The molecule has 0 spiro atoms. The summed E-state index contributed by atoms with van der Waals surface area (Å²) in [6.07, 6.45) is 1.58. The van der Waals surface area contributed by atoms with Crippen molar-refractivity contribution in [1.82, 2.24) is 9.97 Å². The van der Waals surface area contributed by atoms with E-state index < -0.39 is 0 Å². The van der Waals surface area contributed by atoms with Crippen LogP contribution in [-0.2, 0) is 0 Å². The normalized spacial score (nSPS) is 10.6. The molecule has 4 heteroatoms. The van der Waals surface area contributed by atoms with Crippen molar-refractivity contribution in [3.63, 3.8) is 0 Å². The van der Waals surface area contributed by atoms with Gasteiger partial charge in [-0.2, -0.15) is 0 Å². The highest BCUT2D eigenvalue weighted by molar-refractivity contribution is 5.65. The first-order valence-corrected chi connectivity index (χ1v) is 6.48. The lowest BCUT2D eigenvalue weighted by atomic mass is 10.0. The van der Waals surface area contributed by atoms with Gasteiger partial charge in [0.05, 0.1) is 0 Å². The van der Waals surface area contributed by atoms with Crippen LogP contribution in [0.3, 0.4) is 0 Å². The molecule has 2 N–H and O–H groups in total. The Morgan fingerprint density at radius 1 is 1.00 bits per heavy atom. The quantitative estimate of drug-likeness (QED) is 0.876. The summed E-state index contributed by atoms with van der Waals surface area (Å²) in [5.74, 6) is 2.08. The Kier molecular flexibility index (Phi) is 4.00. The number of nitrogens with zero attached hydrogens (tertiary/aromatic N) is 2. The van der Waals surface area contributed by atoms with Gasteiger partial charge in [-0.15, -0.1) is 0 Å². The zero-order valence-electron chi connectivity index (χ0n) is 11.9. The lowest BCUT2D eigenvalue weighted by Crippen LogP contribution is -2.06. The molecule has 0 amide bonds. The minimum absolute atomic E-state index is 0.344. The molecule has 0 bridgehead atoms. The van der Waals surface area contributed by atoms with Crippen LogP contribution in [0.5, 0.6) is 0 Å². The second-order valence-corrected chi connectivity index (χ2v) is 4.88. The first-order valence-electron chi connectivity index (χ1n) is 6.48. The number of anilines is 3. The third-order valence-corrected chi connectivity index (χ3v) is 3.01. The second kappa shape index (κ2) is 5.69. The summed E-state index contributed by atoms with van der Waals surface area (Å²) < 4.78 is 0. The van der Waals surface area contributed by atoms with Crippen LogP contribution in [0, 0.1) is 6.92 Å². The van der Waals surface area contributed by atoms with Crippen molar-refractivity contribution >= 4 is 17.3 Å². The van der Waals surface area contributed by atoms with Crippen molar-refractivity contribution in [1.29, 1.82) is 0 Å². The maximum atomic E-state index is 4.36. The van der Waals surface area contributed by atoms with Crippen molar-refractivity contribution in [2.45, 2.75) is 26.7 Å². The highest BCUT2D eigenvalue weighted by Crippen LogP contribution is 2.29. The van der Waals surface area contributed by atoms with Crippen LogP contribution in [0.4, 0.5) is 17.3 Å². The Bertz CT molecular complexity index is 547. The van der Waals surface area contributed by atoms with Gasteiger partial charge in [0.25, 0.3) is 0 Å². The van der Waals surface area contributed by atoms with Gasteiger partial charge in [0.1, 0.15) is 18.0 Å². The van der Waals surface area contributed by atoms with Crippen LogP contribution < -0.4 is 10.6 Å². The standard InChI is InChI=1S/C15H20N4/c1-10(2)13-14(16-4)17-9-18-15(13)19-12-7-5-11(3)6-8-12/h5-10H,1-4H3,(H2,16,17,18,19). The Labute approximate surface area is 114 Å². The molecule has 2 rings (SSSR count). The van der Waals surface area contributed by atoms with Crippen molar-refractivity contribution in [2.24, 2.45) is 0 Å². The Balaban J connectivity index is 2.36. The van der Waals surface area contributed by atoms with Gasteiger partial charge < -0.3 is 10.6 Å². The van der Waals surface area contributed by atoms with E-state index in [0.717, 1.165) is 22.9 Å². The van der Waals surface area contributed by atoms with E-state index in [1.807, 2.05) is 7.05 Å². The van der Waals surface area contributed by atoms with Gasteiger partial charge in [0, 0.05) is 18.3 Å². The van der Waals surface area contributed by atoms with E-state index in [9.17, 15) is 0 Å². The van der Waals surface area contributed by atoms with Gasteiger partial charge in [0.2, 0.25) is 0 Å². The van der Waals surface area contributed by atoms with Crippen LogP contribution in [0.25, 0.3) is 0 Å². The Morgan fingerprint density at radius 2 is 1.63 bits per heavy atom. The van der Waals surface area contributed by atoms with Gasteiger partial charge in [-0.1, -0.05) is 31.5 Å². The predicted octanol–water partition coefficient (Wildman–Crippen LogP) is 3.69. The largest absolute Gasteiger partial charge is 0.373 e. The minimum atomic E-state index is 0.344. The predicted molar refractivity (Wildman–Crippen MR) is 80.1 cm³/mol. The maximum Gasteiger partial charge on any atom is 0.139 e. The number of aryl methyl sites for hydroxylation is 1. The van der Waals surface area contributed by atoms with E-state index in [2.05, 4.69) is 65.6 Å². The van der Waals surface area contributed by atoms with Crippen LogP contribution in [0.15, 0.2) is 30.6 Å². The zero-order chi connectivity index (χ0) is 13.8. The van der Waals surface area contributed by atoms with E-state index in [0.29, 0.717) is 5.92 Å². The monoisotopic (exact) mass is 256 g/mol. The molecule has 1 aromatic heterocycles. The molecule has 2 aromatic rings. The van der Waals surface area contributed by atoms with Gasteiger partial charge in [-0.3, -0.25) is 0 Å². The summed E-state index contributed by atoms with van der Waals surface area (Å²) in [4.78, 5) is 8.64. The topological polar surface area (TPSA) is 49.8 Å². The van der Waals surface area contributed by atoms with Crippen molar-refractivity contribution in [3.05, 3.63) is 41.7 Å². The van der Waals surface area contributed by atoms with E-state index >= 15 is 0 Å². The Morgan fingerprint density at radius 3 is 2.21 bits per heavy atom. The number of rotatable bonds is 4. The number of hydrogen-bond acceptors (Lipinski definition) is 4. The molecule has 0 aliphatic rings. The lowest BCUT2D eigenvalue weighted by molar-refractivity contribution is 0.852. The molecule has 19 heavy (non-hydrogen) atoms. The van der Waals surface area contributed by atoms with Crippen molar-refractivity contribution < 1.29 is 0 Å². The van der Waals surface area contributed by atoms with E-state index in [4.69, 9.17) is 0 Å². The molecule has 0 saturated carbocycles. The van der Waals surface area contributed by atoms with E-state index in [-0.39, 0.29) is 0 Å². The third-order valence-electron chi connectivity index (χ3n) is 3.01.